The van der Waals surface area contributed by atoms with Crippen LogP contribution in [0.1, 0.15) is 74.3 Å². The van der Waals surface area contributed by atoms with Gasteiger partial charge in [-0.1, -0.05) is 213 Å². The lowest BCUT2D eigenvalue weighted by Gasteiger charge is -2.48. The van der Waals surface area contributed by atoms with Crippen molar-refractivity contribution in [2.24, 2.45) is 5.41 Å². The number of hydrogen-bond acceptors (Lipinski definition) is 3. The molecule has 13 rings (SSSR count). The van der Waals surface area contributed by atoms with Crippen molar-refractivity contribution < 1.29 is 5.48 Å². The van der Waals surface area contributed by atoms with Gasteiger partial charge in [0.05, 0.1) is 0 Å². The Labute approximate surface area is 395 Å². The van der Waals surface area contributed by atoms with Crippen LogP contribution in [-0.4, -0.2) is 23.0 Å². The molecule has 2 fully saturated rings. The van der Waals surface area contributed by atoms with Gasteiger partial charge in [0.25, 0.3) is 0 Å². The third-order valence-corrected chi connectivity index (χ3v) is 20.1. The number of benzene rings is 8. The Kier molecular flexibility index (Phi) is 8.32. The van der Waals surface area contributed by atoms with Gasteiger partial charge in [0.15, 0.2) is 25.5 Å². The first-order valence-electron chi connectivity index (χ1n) is 25.6. The van der Waals surface area contributed by atoms with E-state index in [1.807, 2.05) is 78.9 Å². The number of aromatic nitrogens is 3. The molecule has 0 amide bonds. The molecule has 0 unspecified atom stereocenters. The van der Waals surface area contributed by atoms with Crippen molar-refractivity contribution in [2.45, 2.75) is 63.1 Å². The summed E-state index contributed by atoms with van der Waals surface area (Å²) in [5.41, 5.74) is 8.79. The first-order chi connectivity index (χ1) is 34.1. The molecule has 8 aromatic carbocycles. The van der Waals surface area contributed by atoms with Gasteiger partial charge in [-0.05, 0) is 115 Å². The van der Waals surface area contributed by atoms with E-state index in [9.17, 15) is 5.48 Å². The van der Waals surface area contributed by atoms with Crippen molar-refractivity contribution in [3.05, 3.63) is 211 Å². The zero-order valence-electron chi connectivity index (χ0n) is 40.8. The van der Waals surface area contributed by atoms with Gasteiger partial charge in [0.1, 0.15) is 0 Å². The van der Waals surface area contributed by atoms with Crippen LogP contribution in [0.2, 0.25) is 0 Å². The van der Waals surface area contributed by atoms with Crippen LogP contribution >= 0.6 is 0 Å². The van der Waals surface area contributed by atoms with Crippen molar-refractivity contribution >= 4 is 28.8 Å². The molecular formula is C62H51N3Si. The molecule has 0 bridgehead atoms. The maximum Gasteiger partial charge on any atom is 0.180 e. The summed E-state index contributed by atoms with van der Waals surface area (Å²) < 4.78 is 40.6. The van der Waals surface area contributed by atoms with E-state index in [0.29, 0.717) is 30.3 Å². The Morgan fingerprint density at radius 1 is 0.364 bits per heavy atom. The largest absolute Gasteiger partial charge is 0.208 e. The molecule has 0 radical (unpaired) electrons. The van der Waals surface area contributed by atoms with Gasteiger partial charge >= 0.3 is 0 Å². The molecule has 4 heteroatoms. The van der Waals surface area contributed by atoms with E-state index in [1.54, 1.807) is 0 Å². The van der Waals surface area contributed by atoms with Gasteiger partial charge in [0.2, 0.25) is 0 Å². The van der Waals surface area contributed by atoms with Crippen molar-refractivity contribution in [1.82, 2.24) is 15.0 Å². The summed E-state index contributed by atoms with van der Waals surface area (Å²) >= 11 is 0. The van der Waals surface area contributed by atoms with Gasteiger partial charge < -0.3 is 0 Å². The first kappa shape index (κ1) is 35.3. The van der Waals surface area contributed by atoms with Crippen LogP contribution in [-0.2, 0) is 5.41 Å². The first-order valence-corrected chi connectivity index (χ1v) is 25.6. The summed E-state index contributed by atoms with van der Waals surface area (Å²) in [7, 11) is -3.08. The summed E-state index contributed by atoms with van der Waals surface area (Å²) in [5, 5.41) is 5.08. The highest BCUT2D eigenvalue weighted by molar-refractivity contribution is 7.22. The molecular weight excluding hydrogens is 815 g/mol. The van der Waals surface area contributed by atoms with Crippen molar-refractivity contribution in [1.29, 1.82) is 0 Å². The highest BCUT2D eigenvalue weighted by Crippen LogP contribution is 2.61. The molecule has 0 atom stereocenters. The Hall–Kier alpha value is -7.01. The molecule has 0 N–H and O–H groups in total. The van der Waals surface area contributed by atoms with Crippen LogP contribution in [0, 0.1) is 5.41 Å². The number of fused-ring (bicyclic) bond motifs is 8. The summed E-state index contributed by atoms with van der Waals surface area (Å²) in [6.45, 7) is 0. The van der Waals surface area contributed by atoms with E-state index in [4.69, 9.17) is 15.0 Å². The van der Waals surface area contributed by atoms with Crippen molar-refractivity contribution in [3.8, 4) is 67.5 Å². The lowest BCUT2D eigenvalue weighted by Crippen LogP contribution is -2.72. The molecule has 3 aliphatic carbocycles. The number of nitrogens with zero attached hydrogens (tertiary/aromatic N) is 3. The van der Waals surface area contributed by atoms with Crippen LogP contribution in [0.3, 0.4) is 0 Å². The van der Waals surface area contributed by atoms with Crippen LogP contribution in [0.15, 0.2) is 200 Å². The Bertz CT molecular complexity index is 3370. The Morgan fingerprint density at radius 3 is 1.38 bits per heavy atom. The van der Waals surface area contributed by atoms with Crippen molar-refractivity contribution in [3.63, 3.8) is 0 Å². The van der Waals surface area contributed by atoms with Crippen LogP contribution in [0.25, 0.3) is 67.5 Å². The maximum absolute atomic E-state index is 10.2. The second-order valence-electron chi connectivity index (χ2n) is 18.9. The molecule has 3 nitrogen and oxygen atoms in total. The zero-order valence-corrected chi connectivity index (χ0v) is 37.8. The van der Waals surface area contributed by atoms with Crippen molar-refractivity contribution in [2.75, 3.05) is 0 Å². The van der Waals surface area contributed by atoms with Gasteiger partial charge in [-0.15, -0.1) is 0 Å². The highest BCUT2D eigenvalue weighted by atomic mass is 28.3. The van der Waals surface area contributed by atoms with Gasteiger partial charge in [-0.3, -0.25) is 0 Å². The van der Waals surface area contributed by atoms with E-state index in [-0.39, 0.29) is 5.41 Å². The normalized spacial score (nSPS) is 19.3. The summed E-state index contributed by atoms with van der Waals surface area (Å²) in [6, 6.07) is 70.5. The monoisotopic (exact) mass is 869 g/mol. The fraction of sp³-hybridized carbons (Fsp3) is 0.177. The third-order valence-electron chi connectivity index (χ3n) is 15.3. The molecule has 1 aliphatic heterocycles. The number of rotatable bonds is 6. The summed E-state index contributed by atoms with van der Waals surface area (Å²) in [6.07, 6.45) is 2.09. The van der Waals surface area contributed by atoms with E-state index in [0.717, 1.165) is 82.2 Å². The fourth-order valence-corrected chi connectivity index (χ4v) is 17.2. The SMILES string of the molecule is [2H]C1([2H])CC2(CCCCC2)CC([2H])([2H])C12c1ccccc1-c1ccc(-c3ccc4c(c3)[Si](c3ccccc3)(c3ccccc3)c3cc(-c5nc(-c6ccccc6)nc(-c6ccccc6)n5)ccc3-4)cc12. The molecule has 2 saturated carbocycles. The Balaban J connectivity index is 1.01. The molecule has 4 aliphatic rings. The second-order valence-corrected chi connectivity index (χ2v) is 22.6. The van der Waals surface area contributed by atoms with E-state index in [1.165, 1.54) is 31.9 Å². The minimum absolute atomic E-state index is 0.332. The minimum Gasteiger partial charge on any atom is -0.208 e. The molecule has 2 spiro atoms. The predicted octanol–water partition coefficient (Wildman–Crippen LogP) is 12.7. The molecule has 2 heterocycles. The molecule has 9 aromatic rings. The van der Waals surface area contributed by atoms with Crippen LogP contribution in [0.5, 0.6) is 0 Å². The molecule has 0 saturated heterocycles. The van der Waals surface area contributed by atoms with E-state index < -0.39 is 26.2 Å². The molecule has 1 aromatic heterocycles. The molecule has 318 valence electrons. The second kappa shape index (κ2) is 15.6. The lowest BCUT2D eigenvalue weighted by atomic mass is 9.56. The van der Waals surface area contributed by atoms with E-state index in [2.05, 4.69) is 121 Å². The average Bonchev–Trinajstić information content (AvgIpc) is 3.88. The Morgan fingerprint density at radius 2 is 0.803 bits per heavy atom. The third kappa shape index (κ3) is 6.11. The zero-order chi connectivity index (χ0) is 47.3. The highest BCUT2D eigenvalue weighted by Gasteiger charge is 2.51. The minimum atomic E-state index is -3.08. The van der Waals surface area contributed by atoms with Gasteiger partial charge in [-0.25, -0.2) is 15.0 Å². The number of hydrogen-bond donors (Lipinski definition) is 0. The van der Waals surface area contributed by atoms with Crippen LogP contribution < -0.4 is 20.7 Å². The summed E-state index contributed by atoms with van der Waals surface area (Å²) in [5.74, 6) is 1.85. The smallest absolute Gasteiger partial charge is 0.180 e. The summed E-state index contributed by atoms with van der Waals surface area (Å²) in [4.78, 5) is 15.4. The molecule has 66 heavy (non-hydrogen) atoms. The topological polar surface area (TPSA) is 38.7 Å². The lowest BCUT2D eigenvalue weighted by molar-refractivity contribution is 0.0951. The quantitative estimate of drug-likeness (QED) is 0.156. The maximum atomic E-state index is 10.2. The fourth-order valence-electron chi connectivity index (χ4n) is 12.0. The average molecular weight is 870 g/mol. The van der Waals surface area contributed by atoms with Gasteiger partial charge in [-0.2, -0.15) is 0 Å². The van der Waals surface area contributed by atoms with E-state index >= 15 is 0 Å². The predicted molar refractivity (Wildman–Crippen MR) is 274 cm³/mol. The van der Waals surface area contributed by atoms with Crippen LogP contribution in [0.4, 0.5) is 0 Å². The standard InChI is InChI=1S/C62H51N3Si/c1-6-18-43(19-7-1)58-63-59(44-20-8-2-9-21-44)65-60(64-58)47-30-33-53-52-32-29-46(41-56(52)66(57(53)42-47,48-22-10-3-11-23-48)49-24-12-4-13-25-49)45-28-31-51-50-26-14-15-27-54(50)62(55(51)40-45)38-36-61(37-39-62)34-16-5-17-35-61/h1-4,6-15,18-33,40-42H,5,16-17,34-39H2/i38D2,39D2. The van der Waals surface area contributed by atoms with Gasteiger partial charge in [0, 0.05) is 27.6 Å².